The number of halogens is 1. The van der Waals surface area contributed by atoms with Crippen LogP contribution in [0.25, 0.3) is 0 Å². The minimum Gasteiger partial charge on any atom is -0.481 e. The van der Waals surface area contributed by atoms with E-state index in [4.69, 9.17) is 11.6 Å². The Morgan fingerprint density at radius 1 is 1.08 bits per heavy atom. The molecule has 0 unspecified atom stereocenters. The van der Waals surface area contributed by atoms with E-state index >= 15 is 0 Å². The summed E-state index contributed by atoms with van der Waals surface area (Å²) in [6, 6.07) is 12.6. The van der Waals surface area contributed by atoms with E-state index < -0.39 is 11.9 Å². The molecule has 0 fully saturated rings. The predicted molar refractivity (Wildman–Crippen MR) is 95.4 cm³/mol. The van der Waals surface area contributed by atoms with Crippen LogP contribution in [-0.4, -0.2) is 17.0 Å². The number of carbonyl (C=O) groups excluding carboxylic acids is 1. The average molecular weight is 346 g/mol. The minimum atomic E-state index is -0.986. The SMILES string of the molecule is Cc1ccc(NC(=O)C[C@H](Cc2ccc(Cl)cc2)C(=O)O)cc1C. The van der Waals surface area contributed by atoms with Gasteiger partial charge in [-0.05, 0) is 61.2 Å². The Balaban J connectivity index is 2.01. The van der Waals surface area contributed by atoms with E-state index in [-0.39, 0.29) is 18.7 Å². The van der Waals surface area contributed by atoms with Crippen molar-refractivity contribution in [3.63, 3.8) is 0 Å². The fourth-order valence-electron chi connectivity index (χ4n) is 2.41. The van der Waals surface area contributed by atoms with Gasteiger partial charge in [-0.3, -0.25) is 9.59 Å². The lowest BCUT2D eigenvalue weighted by Crippen LogP contribution is -2.24. The number of carboxylic acids is 1. The summed E-state index contributed by atoms with van der Waals surface area (Å²) >= 11 is 5.83. The van der Waals surface area contributed by atoms with Crippen LogP contribution in [0.5, 0.6) is 0 Å². The van der Waals surface area contributed by atoms with E-state index in [0.29, 0.717) is 10.7 Å². The van der Waals surface area contributed by atoms with Gasteiger partial charge in [-0.25, -0.2) is 0 Å². The third kappa shape index (κ3) is 5.10. The topological polar surface area (TPSA) is 66.4 Å². The third-order valence-electron chi connectivity index (χ3n) is 3.97. The number of hydrogen-bond acceptors (Lipinski definition) is 2. The first-order valence-electron chi connectivity index (χ1n) is 7.69. The monoisotopic (exact) mass is 345 g/mol. The number of hydrogen-bond donors (Lipinski definition) is 2. The lowest BCUT2D eigenvalue weighted by molar-refractivity contribution is -0.143. The van der Waals surface area contributed by atoms with Crippen LogP contribution in [0.4, 0.5) is 5.69 Å². The molecule has 2 aromatic carbocycles. The first-order chi connectivity index (χ1) is 11.3. The number of rotatable bonds is 6. The van der Waals surface area contributed by atoms with Crippen LogP contribution in [-0.2, 0) is 16.0 Å². The Labute approximate surface area is 146 Å². The van der Waals surface area contributed by atoms with Crippen molar-refractivity contribution >= 4 is 29.2 Å². The van der Waals surface area contributed by atoms with Crippen molar-refractivity contribution in [1.82, 2.24) is 0 Å². The van der Waals surface area contributed by atoms with Gasteiger partial charge >= 0.3 is 5.97 Å². The third-order valence-corrected chi connectivity index (χ3v) is 4.22. The fraction of sp³-hybridized carbons (Fsp3) is 0.263. The van der Waals surface area contributed by atoms with Gasteiger partial charge in [0.05, 0.1) is 5.92 Å². The lowest BCUT2D eigenvalue weighted by Gasteiger charge is -2.13. The molecule has 2 rings (SSSR count). The van der Waals surface area contributed by atoms with E-state index in [1.54, 1.807) is 24.3 Å². The number of aryl methyl sites for hydroxylation is 2. The highest BCUT2D eigenvalue weighted by Gasteiger charge is 2.22. The van der Waals surface area contributed by atoms with Gasteiger partial charge in [-0.2, -0.15) is 0 Å². The standard InChI is InChI=1S/C19H20ClNO3/c1-12-3-8-17(9-13(12)2)21-18(22)11-15(19(23)24)10-14-4-6-16(20)7-5-14/h3-9,15H,10-11H2,1-2H3,(H,21,22)(H,23,24)/t15-/m0/s1. The number of amides is 1. The maximum absolute atomic E-state index is 12.2. The summed E-state index contributed by atoms with van der Waals surface area (Å²) in [4.78, 5) is 23.6. The Morgan fingerprint density at radius 3 is 2.33 bits per heavy atom. The molecule has 0 saturated carbocycles. The molecule has 0 bridgehead atoms. The molecule has 0 spiro atoms. The van der Waals surface area contributed by atoms with Crippen LogP contribution < -0.4 is 5.32 Å². The van der Waals surface area contributed by atoms with Crippen molar-refractivity contribution in [3.05, 3.63) is 64.2 Å². The average Bonchev–Trinajstić information content (AvgIpc) is 2.52. The van der Waals surface area contributed by atoms with Gasteiger partial charge in [0, 0.05) is 17.1 Å². The van der Waals surface area contributed by atoms with Crippen molar-refractivity contribution in [2.45, 2.75) is 26.7 Å². The van der Waals surface area contributed by atoms with Gasteiger partial charge < -0.3 is 10.4 Å². The van der Waals surface area contributed by atoms with Gasteiger partial charge in [-0.15, -0.1) is 0 Å². The summed E-state index contributed by atoms with van der Waals surface area (Å²) < 4.78 is 0. The molecule has 0 saturated heterocycles. The first-order valence-corrected chi connectivity index (χ1v) is 8.07. The molecule has 4 nitrogen and oxygen atoms in total. The zero-order valence-corrected chi connectivity index (χ0v) is 14.4. The number of aliphatic carboxylic acids is 1. The molecule has 5 heteroatoms. The zero-order valence-electron chi connectivity index (χ0n) is 13.7. The highest BCUT2D eigenvalue weighted by Crippen LogP contribution is 2.18. The van der Waals surface area contributed by atoms with Gasteiger partial charge in [-0.1, -0.05) is 29.8 Å². The van der Waals surface area contributed by atoms with Crippen molar-refractivity contribution in [2.75, 3.05) is 5.32 Å². The number of carboxylic acid groups (broad SMARTS) is 1. The van der Waals surface area contributed by atoms with E-state index in [9.17, 15) is 14.7 Å². The number of nitrogens with one attached hydrogen (secondary N) is 1. The second-order valence-electron chi connectivity index (χ2n) is 5.92. The highest BCUT2D eigenvalue weighted by molar-refractivity contribution is 6.30. The largest absolute Gasteiger partial charge is 0.481 e. The summed E-state index contributed by atoms with van der Waals surface area (Å²) in [6.07, 6.45) is 0.206. The Kier molecular flexibility index (Phi) is 5.99. The van der Waals surface area contributed by atoms with E-state index in [2.05, 4.69) is 5.32 Å². The van der Waals surface area contributed by atoms with Crippen LogP contribution in [0.1, 0.15) is 23.1 Å². The van der Waals surface area contributed by atoms with Gasteiger partial charge in [0.25, 0.3) is 0 Å². The smallest absolute Gasteiger partial charge is 0.307 e. The summed E-state index contributed by atoms with van der Waals surface area (Å²) in [6.45, 7) is 3.96. The predicted octanol–water partition coefficient (Wildman–Crippen LogP) is 4.23. The molecule has 0 aliphatic rings. The molecule has 0 heterocycles. The van der Waals surface area contributed by atoms with E-state index in [0.717, 1.165) is 16.7 Å². The molecule has 1 atom stereocenters. The van der Waals surface area contributed by atoms with Crippen molar-refractivity contribution in [3.8, 4) is 0 Å². The summed E-state index contributed by atoms with van der Waals surface area (Å²) in [5.74, 6) is -2.07. The van der Waals surface area contributed by atoms with Crippen molar-refractivity contribution < 1.29 is 14.7 Å². The lowest BCUT2D eigenvalue weighted by atomic mass is 9.96. The Bertz CT molecular complexity index is 741. The molecule has 0 aliphatic heterocycles. The van der Waals surface area contributed by atoms with Gasteiger partial charge in [0.15, 0.2) is 0 Å². The van der Waals surface area contributed by atoms with Crippen LogP contribution in [0, 0.1) is 19.8 Å². The maximum atomic E-state index is 12.2. The van der Waals surface area contributed by atoms with E-state index in [1.165, 1.54) is 0 Å². The van der Waals surface area contributed by atoms with Crippen LogP contribution in [0.15, 0.2) is 42.5 Å². The Morgan fingerprint density at radius 2 is 1.75 bits per heavy atom. The highest BCUT2D eigenvalue weighted by atomic mass is 35.5. The van der Waals surface area contributed by atoms with Crippen molar-refractivity contribution in [1.29, 1.82) is 0 Å². The van der Waals surface area contributed by atoms with E-state index in [1.807, 2.05) is 32.0 Å². The molecule has 126 valence electrons. The van der Waals surface area contributed by atoms with Crippen LogP contribution in [0.3, 0.4) is 0 Å². The molecule has 2 aromatic rings. The molecule has 2 N–H and O–H groups in total. The summed E-state index contributed by atoms with van der Waals surface area (Å²) in [5, 5.41) is 12.7. The molecule has 0 aliphatic carbocycles. The second-order valence-corrected chi connectivity index (χ2v) is 6.35. The minimum absolute atomic E-state index is 0.0785. The number of carbonyl (C=O) groups is 2. The molecular formula is C19H20ClNO3. The second kappa shape index (κ2) is 7.97. The van der Waals surface area contributed by atoms with Crippen LogP contribution >= 0.6 is 11.6 Å². The quantitative estimate of drug-likeness (QED) is 0.823. The molecule has 1 amide bonds. The van der Waals surface area contributed by atoms with Gasteiger partial charge in [0.2, 0.25) is 5.91 Å². The molecule has 0 aromatic heterocycles. The maximum Gasteiger partial charge on any atom is 0.307 e. The Hall–Kier alpha value is -2.33. The fourth-order valence-corrected chi connectivity index (χ4v) is 2.53. The zero-order chi connectivity index (χ0) is 17.7. The molecule has 0 radical (unpaired) electrons. The van der Waals surface area contributed by atoms with Gasteiger partial charge in [0.1, 0.15) is 0 Å². The number of benzene rings is 2. The summed E-state index contributed by atoms with van der Waals surface area (Å²) in [5.41, 5.74) is 3.73. The first kappa shape index (κ1) is 18.0. The normalized spacial score (nSPS) is 11.8. The number of anilines is 1. The van der Waals surface area contributed by atoms with Crippen LogP contribution in [0.2, 0.25) is 5.02 Å². The summed E-state index contributed by atoms with van der Waals surface area (Å²) in [7, 11) is 0. The molecule has 24 heavy (non-hydrogen) atoms. The molecular weight excluding hydrogens is 326 g/mol. The van der Waals surface area contributed by atoms with Crippen molar-refractivity contribution in [2.24, 2.45) is 5.92 Å².